The average molecular weight is 229 g/mol. The summed E-state index contributed by atoms with van der Waals surface area (Å²) in [5, 5.41) is 23.6. The van der Waals surface area contributed by atoms with E-state index in [-0.39, 0.29) is 0 Å². The number of hydrogen-bond donors (Lipinski definition) is 2. The van der Waals surface area contributed by atoms with Gasteiger partial charge in [-0.1, -0.05) is 30.1 Å². The van der Waals surface area contributed by atoms with Gasteiger partial charge in [-0.25, -0.2) is 0 Å². The highest BCUT2D eigenvalue weighted by atomic mass is 16.4. The molecule has 0 amide bonds. The molecule has 0 heterocycles. The molecule has 0 spiro atoms. The van der Waals surface area contributed by atoms with Crippen LogP contribution in [0.2, 0.25) is 0 Å². The van der Waals surface area contributed by atoms with Gasteiger partial charge in [-0.15, -0.1) is 0 Å². The second-order valence-electron chi connectivity index (χ2n) is 4.09. The highest BCUT2D eigenvalue weighted by Crippen LogP contribution is 1.99. The zero-order chi connectivity index (χ0) is 12.4. The van der Waals surface area contributed by atoms with Crippen LogP contribution in [0.1, 0.15) is 40.0 Å². The monoisotopic (exact) mass is 229 g/mol. The SMILES string of the molecule is CCCCCN(CC(C)=NO)CC(C)=NO. The normalized spacial score (nSPS) is 13.5. The van der Waals surface area contributed by atoms with Crippen molar-refractivity contribution in [2.75, 3.05) is 19.6 Å². The summed E-state index contributed by atoms with van der Waals surface area (Å²) in [6.07, 6.45) is 3.46. The Labute approximate surface area is 97.4 Å². The van der Waals surface area contributed by atoms with Crippen LogP contribution in [0, 0.1) is 0 Å². The predicted molar refractivity (Wildman–Crippen MR) is 65.8 cm³/mol. The Morgan fingerprint density at radius 3 is 1.88 bits per heavy atom. The fraction of sp³-hybridized carbons (Fsp3) is 0.818. The number of rotatable bonds is 8. The zero-order valence-electron chi connectivity index (χ0n) is 10.5. The quantitative estimate of drug-likeness (QED) is 0.290. The van der Waals surface area contributed by atoms with E-state index in [1.54, 1.807) is 13.8 Å². The van der Waals surface area contributed by atoms with E-state index >= 15 is 0 Å². The highest BCUT2D eigenvalue weighted by molar-refractivity contribution is 5.86. The molecule has 0 aliphatic heterocycles. The first-order chi connectivity index (χ1) is 7.63. The van der Waals surface area contributed by atoms with E-state index < -0.39 is 0 Å². The van der Waals surface area contributed by atoms with E-state index in [2.05, 4.69) is 22.1 Å². The average Bonchev–Trinajstić information content (AvgIpc) is 2.28. The fourth-order valence-electron chi connectivity index (χ4n) is 1.51. The maximum absolute atomic E-state index is 8.63. The van der Waals surface area contributed by atoms with Crippen molar-refractivity contribution in [3.63, 3.8) is 0 Å². The largest absolute Gasteiger partial charge is 0.411 e. The molecule has 16 heavy (non-hydrogen) atoms. The minimum absolute atomic E-state index is 0.604. The van der Waals surface area contributed by atoms with E-state index in [9.17, 15) is 0 Å². The van der Waals surface area contributed by atoms with Crippen molar-refractivity contribution in [3.8, 4) is 0 Å². The van der Waals surface area contributed by atoms with Crippen molar-refractivity contribution in [2.24, 2.45) is 10.3 Å². The van der Waals surface area contributed by atoms with Crippen LogP contribution in [0.25, 0.3) is 0 Å². The van der Waals surface area contributed by atoms with E-state index in [0.717, 1.165) is 13.0 Å². The van der Waals surface area contributed by atoms with Crippen molar-refractivity contribution in [1.82, 2.24) is 4.90 Å². The molecule has 0 fully saturated rings. The van der Waals surface area contributed by atoms with Gasteiger partial charge in [0.05, 0.1) is 11.4 Å². The maximum atomic E-state index is 8.63. The summed E-state index contributed by atoms with van der Waals surface area (Å²) in [6, 6.07) is 0. The number of oxime groups is 2. The van der Waals surface area contributed by atoms with E-state index in [1.165, 1.54) is 12.8 Å². The van der Waals surface area contributed by atoms with E-state index in [1.807, 2.05) is 0 Å². The second kappa shape index (κ2) is 9.15. The van der Waals surface area contributed by atoms with Gasteiger partial charge in [0.15, 0.2) is 0 Å². The van der Waals surface area contributed by atoms with Gasteiger partial charge in [0.1, 0.15) is 0 Å². The van der Waals surface area contributed by atoms with Gasteiger partial charge in [-0.2, -0.15) is 0 Å². The molecule has 0 unspecified atom stereocenters. The Kier molecular flexibility index (Phi) is 8.52. The topological polar surface area (TPSA) is 68.4 Å². The smallest absolute Gasteiger partial charge is 0.0680 e. The van der Waals surface area contributed by atoms with Crippen molar-refractivity contribution >= 4 is 11.4 Å². The highest BCUT2D eigenvalue weighted by Gasteiger charge is 2.08. The summed E-state index contributed by atoms with van der Waals surface area (Å²) in [6.45, 7) is 7.84. The van der Waals surface area contributed by atoms with Crippen LogP contribution in [-0.2, 0) is 0 Å². The molecule has 0 aromatic rings. The Morgan fingerprint density at radius 1 is 1.00 bits per heavy atom. The lowest BCUT2D eigenvalue weighted by Gasteiger charge is -2.20. The second-order valence-corrected chi connectivity index (χ2v) is 4.09. The molecule has 0 aliphatic rings. The molecule has 0 saturated carbocycles. The van der Waals surface area contributed by atoms with Crippen molar-refractivity contribution in [2.45, 2.75) is 40.0 Å². The Hall–Kier alpha value is -1.10. The van der Waals surface area contributed by atoms with Gasteiger partial charge in [0.2, 0.25) is 0 Å². The van der Waals surface area contributed by atoms with Crippen LogP contribution in [0.15, 0.2) is 10.3 Å². The Balaban J connectivity index is 4.15. The lowest BCUT2D eigenvalue weighted by atomic mass is 10.2. The predicted octanol–water partition coefficient (Wildman–Crippen LogP) is 2.18. The van der Waals surface area contributed by atoms with Crippen LogP contribution < -0.4 is 0 Å². The lowest BCUT2D eigenvalue weighted by Crippen LogP contribution is -2.34. The van der Waals surface area contributed by atoms with Gasteiger partial charge in [0.25, 0.3) is 0 Å². The summed E-state index contributed by atoms with van der Waals surface area (Å²) >= 11 is 0. The van der Waals surface area contributed by atoms with Crippen LogP contribution >= 0.6 is 0 Å². The number of unbranched alkanes of at least 4 members (excludes halogenated alkanes) is 2. The lowest BCUT2D eigenvalue weighted by molar-refractivity contribution is 0.295. The molecule has 0 aromatic carbocycles. The molecular weight excluding hydrogens is 206 g/mol. The zero-order valence-corrected chi connectivity index (χ0v) is 10.5. The molecule has 0 bridgehead atoms. The molecule has 0 rings (SSSR count). The van der Waals surface area contributed by atoms with Crippen molar-refractivity contribution in [3.05, 3.63) is 0 Å². The first kappa shape index (κ1) is 14.9. The van der Waals surface area contributed by atoms with Crippen molar-refractivity contribution < 1.29 is 10.4 Å². The van der Waals surface area contributed by atoms with Crippen LogP contribution in [0.3, 0.4) is 0 Å². The summed E-state index contributed by atoms with van der Waals surface area (Å²) in [7, 11) is 0. The minimum Gasteiger partial charge on any atom is -0.411 e. The van der Waals surface area contributed by atoms with Gasteiger partial charge in [-0.3, -0.25) is 4.90 Å². The molecule has 5 nitrogen and oxygen atoms in total. The first-order valence-corrected chi connectivity index (χ1v) is 5.71. The number of hydrogen-bond acceptors (Lipinski definition) is 5. The summed E-state index contributed by atoms with van der Waals surface area (Å²) in [5.41, 5.74) is 1.34. The third-order valence-corrected chi connectivity index (χ3v) is 2.32. The molecule has 0 radical (unpaired) electrons. The molecule has 5 heteroatoms. The van der Waals surface area contributed by atoms with Crippen LogP contribution in [0.4, 0.5) is 0 Å². The molecule has 0 saturated heterocycles. The molecule has 0 atom stereocenters. The van der Waals surface area contributed by atoms with Gasteiger partial charge >= 0.3 is 0 Å². The standard InChI is InChI=1S/C11H23N3O2/c1-4-5-6-7-14(8-10(2)12-15)9-11(3)13-16/h15-16H,4-9H2,1-3H3. The Morgan fingerprint density at radius 2 is 1.50 bits per heavy atom. The first-order valence-electron chi connectivity index (χ1n) is 5.71. The van der Waals surface area contributed by atoms with Crippen LogP contribution in [-0.4, -0.2) is 46.4 Å². The third-order valence-electron chi connectivity index (χ3n) is 2.32. The van der Waals surface area contributed by atoms with Gasteiger partial charge in [-0.05, 0) is 26.8 Å². The Bertz CT molecular complexity index is 219. The van der Waals surface area contributed by atoms with Gasteiger partial charge in [0, 0.05) is 13.1 Å². The van der Waals surface area contributed by atoms with Crippen molar-refractivity contribution in [1.29, 1.82) is 0 Å². The number of nitrogens with zero attached hydrogens (tertiary/aromatic N) is 3. The third kappa shape index (κ3) is 7.23. The van der Waals surface area contributed by atoms with Gasteiger partial charge < -0.3 is 10.4 Å². The summed E-state index contributed by atoms with van der Waals surface area (Å²) < 4.78 is 0. The summed E-state index contributed by atoms with van der Waals surface area (Å²) in [5.74, 6) is 0. The van der Waals surface area contributed by atoms with Crippen LogP contribution in [0.5, 0.6) is 0 Å². The molecule has 2 N–H and O–H groups in total. The minimum atomic E-state index is 0.604. The van der Waals surface area contributed by atoms with E-state index in [4.69, 9.17) is 10.4 Å². The molecule has 0 aromatic heterocycles. The molecular formula is C11H23N3O2. The van der Waals surface area contributed by atoms with E-state index in [0.29, 0.717) is 24.5 Å². The fourth-order valence-corrected chi connectivity index (χ4v) is 1.51. The maximum Gasteiger partial charge on any atom is 0.0680 e. The molecule has 0 aliphatic carbocycles. The summed E-state index contributed by atoms with van der Waals surface area (Å²) in [4.78, 5) is 2.11. The molecule has 94 valence electrons.